The van der Waals surface area contributed by atoms with E-state index in [1.54, 1.807) is 25.1 Å². The van der Waals surface area contributed by atoms with Crippen LogP contribution in [-0.4, -0.2) is 30.2 Å². The van der Waals surface area contributed by atoms with E-state index in [4.69, 9.17) is 11.6 Å². The number of nitrogens with zero attached hydrogens (tertiary/aromatic N) is 1. The van der Waals surface area contributed by atoms with Crippen molar-refractivity contribution in [2.45, 2.75) is 26.6 Å². The lowest BCUT2D eigenvalue weighted by Crippen LogP contribution is -2.10. The maximum atomic E-state index is 12.9. The second-order valence-electron chi connectivity index (χ2n) is 7.00. The first kappa shape index (κ1) is 22.9. The number of allylic oxidation sites excluding steroid dienone is 6. The molecule has 5 nitrogen and oxygen atoms in total. The van der Waals surface area contributed by atoms with Crippen LogP contribution in [0.3, 0.4) is 0 Å². The summed E-state index contributed by atoms with van der Waals surface area (Å²) in [7, 11) is -3.87. The minimum atomic E-state index is -4.66. The molecule has 1 aliphatic rings. The molecular weight excluding hydrogens is 455 g/mol. The number of halogens is 4. The van der Waals surface area contributed by atoms with Gasteiger partial charge in [-0.1, -0.05) is 24.3 Å². The van der Waals surface area contributed by atoms with Crippen molar-refractivity contribution in [1.82, 2.24) is 4.57 Å². The van der Waals surface area contributed by atoms with E-state index in [-0.39, 0.29) is 22.6 Å². The zero-order valence-corrected chi connectivity index (χ0v) is 18.0. The monoisotopic (exact) mass is 471 g/mol. The molecule has 1 aromatic carbocycles. The summed E-state index contributed by atoms with van der Waals surface area (Å²) < 4.78 is 65.2. The second kappa shape index (κ2) is 7.72. The summed E-state index contributed by atoms with van der Waals surface area (Å²) in [6.45, 7) is 5.50. The smallest absolute Gasteiger partial charge is 0.415 e. The molecule has 164 valence electrons. The average Bonchev–Trinajstić information content (AvgIpc) is 3.02. The van der Waals surface area contributed by atoms with Crippen LogP contribution in [-0.2, 0) is 21.2 Å². The fraction of sp³-hybridized carbons (Fsp3) is 0.190. The van der Waals surface area contributed by atoms with Crippen molar-refractivity contribution in [1.29, 1.82) is 0 Å². The molecule has 0 atom stereocenters. The van der Waals surface area contributed by atoms with Gasteiger partial charge in [-0.15, -0.1) is 0 Å². The van der Waals surface area contributed by atoms with Crippen LogP contribution >= 0.6 is 11.6 Å². The first-order chi connectivity index (χ1) is 14.2. The molecular formula is C21H17ClF3NO4S. The zero-order valence-electron chi connectivity index (χ0n) is 16.4. The van der Waals surface area contributed by atoms with E-state index >= 15 is 0 Å². The fourth-order valence-corrected chi connectivity index (χ4v) is 4.85. The molecule has 0 fully saturated rings. The van der Waals surface area contributed by atoms with Crippen LogP contribution in [0, 0.1) is 6.92 Å². The van der Waals surface area contributed by atoms with Crippen molar-refractivity contribution in [2.24, 2.45) is 0 Å². The van der Waals surface area contributed by atoms with Crippen molar-refractivity contribution < 1.29 is 31.5 Å². The van der Waals surface area contributed by atoms with Crippen molar-refractivity contribution in [3.8, 4) is 0 Å². The lowest BCUT2D eigenvalue weighted by molar-refractivity contribution is -0.137. The van der Waals surface area contributed by atoms with Crippen molar-refractivity contribution in [2.75, 3.05) is 0 Å². The number of carbonyl (C=O) groups is 1. The van der Waals surface area contributed by atoms with E-state index < -0.39 is 27.6 Å². The molecule has 3 rings (SSSR count). The normalized spacial score (nSPS) is 16.4. The average molecular weight is 472 g/mol. The summed E-state index contributed by atoms with van der Waals surface area (Å²) in [5.74, 6) is -1.11. The quantitative estimate of drug-likeness (QED) is 0.592. The van der Waals surface area contributed by atoms with Crippen molar-refractivity contribution >= 4 is 43.9 Å². The third kappa shape index (κ3) is 4.20. The molecule has 0 aliphatic carbocycles. The Bertz CT molecular complexity index is 1330. The minimum Gasteiger partial charge on any atom is -0.480 e. The predicted molar refractivity (Wildman–Crippen MR) is 113 cm³/mol. The summed E-state index contributed by atoms with van der Waals surface area (Å²) in [6, 6.07) is 4.74. The number of carboxylic acids is 1. The first-order valence-electron chi connectivity index (χ1n) is 8.86. The SMILES string of the molecule is C=C(/C=C\C1=C(C)S(=O)(=O)C=C1c1c(C)n(CC(=O)O)c2ccc(Cl)cc12)C(F)(F)F. The number of alkyl halides is 3. The highest BCUT2D eigenvalue weighted by atomic mass is 35.5. The molecule has 0 unspecified atom stereocenters. The van der Waals surface area contributed by atoms with E-state index in [0.717, 1.165) is 11.5 Å². The van der Waals surface area contributed by atoms with Crippen LogP contribution in [0.25, 0.3) is 16.5 Å². The molecule has 0 saturated carbocycles. The van der Waals surface area contributed by atoms with Gasteiger partial charge >= 0.3 is 12.1 Å². The fourth-order valence-electron chi connectivity index (χ4n) is 3.46. The highest BCUT2D eigenvalue weighted by Crippen LogP contribution is 2.43. The van der Waals surface area contributed by atoms with E-state index in [1.165, 1.54) is 11.5 Å². The van der Waals surface area contributed by atoms with Gasteiger partial charge in [-0.05, 0) is 43.7 Å². The first-order valence-corrected chi connectivity index (χ1v) is 10.8. The van der Waals surface area contributed by atoms with Crippen LogP contribution < -0.4 is 0 Å². The van der Waals surface area contributed by atoms with Gasteiger partial charge in [0, 0.05) is 43.7 Å². The lowest BCUT2D eigenvalue weighted by atomic mass is 9.96. The summed E-state index contributed by atoms with van der Waals surface area (Å²) in [4.78, 5) is 11.2. The number of rotatable bonds is 5. The third-order valence-electron chi connectivity index (χ3n) is 5.03. The van der Waals surface area contributed by atoms with Crippen LogP contribution in [0.2, 0.25) is 5.02 Å². The minimum absolute atomic E-state index is 0.0721. The summed E-state index contributed by atoms with van der Waals surface area (Å²) in [5, 5.41) is 11.1. The molecule has 1 aliphatic heterocycles. The van der Waals surface area contributed by atoms with E-state index in [1.807, 2.05) is 0 Å². The Hall–Kier alpha value is -2.78. The molecule has 0 radical (unpaired) electrons. The van der Waals surface area contributed by atoms with Gasteiger partial charge in [-0.2, -0.15) is 13.2 Å². The molecule has 1 N–H and O–H groups in total. The zero-order chi connectivity index (χ0) is 23.3. The van der Waals surface area contributed by atoms with Crippen molar-refractivity contribution in [3.05, 3.63) is 74.7 Å². The number of benzene rings is 1. The van der Waals surface area contributed by atoms with E-state index in [9.17, 15) is 31.5 Å². The molecule has 10 heteroatoms. The topological polar surface area (TPSA) is 76.4 Å². The van der Waals surface area contributed by atoms with Gasteiger partial charge in [0.2, 0.25) is 0 Å². The summed E-state index contributed by atoms with van der Waals surface area (Å²) in [6.07, 6.45) is -2.88. The van der Waals surface area contributed by atoms with Gasteiger partial charge in [-0.25, -0.2) is 8.42 Å². The maximum Gasteiger partial charge on any atom is 0.415 e. The standard InChI is InChI=1S/C21H17ClF3NO4S/c1-11(21(23,24)25)4-6-15-13(3)31(29,30)10-17(15)20-12(2)26(9-19(27)28)18-7-5-14(22)8-16(18)20/h4-8,10H,1,9H2,2-3H3,(H,27,28)/b6-4-. The van der Waals surface area contributed by atoms with E-state index in [0.29, 0.717) is 33.3 Å². The second-order valence-corrected chi connectivity index (χ2v) is 9.38. The number of aromatic nitrogens is 1. The van der Waals surface area contributed by atoms with Crippen molar-refractivity contribution in [3.63, 3.8) is 0 Å². The third-order valence-corrected chi connectivity index (χ3v) is 6.89. The Morgan fingerprint density at radius 1 is 1.29 bits per heavy atom. The highest BCUT2D eigenvalue weighted by molar-refractivity contribution is 7.98. The number of hydrogen-bond donors (Lipinski definition) is 1. The van der Waals surface area contributed by atoms with Gasteiger partial charge in [0.1, 0.15) is 6.54 Å². The molecule has 0 spiro atoms. The van der Waals surface area contributed by atoms with Gasteiger partial charge < -0.3 is 9.67 Å². The summed E-state index contributed by atoms with van der Waals surface area (Å²) in [5.41, 5.74) is 0.433. The molecule has 0 bridgehead atoms. The van der Waals surface area contributed by atoms with Crippen LogP contribution in [0.4, 0.5) is 13.2 Å². The highest BCUT2D eigenvalue weighted by Gasteiger charge is 2.32. The molecule has 0 amide bonds. The Labute approximate surface area is 181 Å². The number of fused-ring (bicyclic) bond motifs is 1. The Kier molecular flexibility index (Phi) is 5.70. The number of carboxylic acid groups (broad SMARTS) is 1. The number of sulfone groups is 1. The largest absolute Gasteiger partial charge is 0.480 e. The molecule has 0 saturated heterocycles. The summed E-state index contributed by atoms with van der Waals surface area (Å²) >= 11 is 6.11. The Morgan fingerprint density at radius 2 is 1.94 bits per heavy atom. The maximum absolute atomic E-state index is 12.9. The molecule has 2 heterocycles. The van der Waals surface area contributed by atoms with Gasteiger partial charge in [0.25, 0.3) is 0 Å². The van der Waals surface area contributed by atoms with Crippen LogP contribution in [0.15, 0.2) is 58.4 Å². The van der Waals surface area contributed by atoms with E-state index in [2.05, 4.69) is 6.58 Å². The Morgan fingerprint density at radius 3 is 2.52 bits per heavy atom. The van der Waals surface area contributed by atoms with Gasteiger partial charge in [0.05, 0.1) is 4.91 Å². The number of aliphatic carboxylic acids is 1. The predicted octanol–water partition coefficient (Wildman–Crippen LogP) is 5.41. The molecule has 2 aromatic rings. The molecule has 31 heavy (non-hydrogen) atoms. The van der Waals surface area contributed by atoms with Crippen LogP contribution in [0.1, 0.15) is 18.2 Å². The molecule has 1 aromatic heterocycles. The lowest BCUT2D eigenvalue weighted by Gasteiger charge is -2.09. The Balaban J connectivity index is 2.29. The van der Waals surface area contributed by atoms with Crippen LogP contribution in [0.5, 0.6) is 0 Å². The van der Waals surface area contributed by atoms with Gasteiger partial charge in [-0.3, -0.25) is 4.79 Å². The number of hydrogen-bond acceptors (Lipinski definition) is 3. The van der Waals surface area contributed by atoms with Gasteiger partial charge in [0.15, 0.2) is 9.84 Å².